The van der Waals surface area contributed by atoms with Crippen LogP contribution in [-0.2, 0) is 11.3 Å². The van der Waals surface area contributed by atoms with Crippen LogP contribution in [0.5, 0.6) is 0 Å². The Kier molecular flexibility index (Phi) is 4.88. The van der Waals surface area contributed by atoms with E-state index in [4.69, 9.17) is 0 Å². The summed E-state index contributed by atoms with van der Waals surface area (Å²) in [7, 11) is 0. The molecule has 1 saturated heterocycles. The Labute approximate surface area is 131 Å². The van der Waals surface area contributed by atoms with Gasteiger partial charge in [0.25, 0.3) is 5.91 Å². The first kappa shape index (κ1) is 16.5. The molecule has 2 rings (SSSR count). The molecule has 0 spiro atoms. The van der Waals surface area contributed by atoms with E-state index in [-0.39, 0.29) is 18.5 Å². The van der Waals surface area contributed by atoms with Crippen molar-refractivity contribution >= 4 is 11.9 Å². The number of nitrogens with zero attached hydrogens (tertiary/aromatic N) is 3. The molecule has 1 aromatic heterocycles. The number of aliphatic carboxylic acids is 1. The molecule has 0 bridgehead atoms. The van der Waals surface area contributed by atoms with Gasteiger partial charge in [-0.3, -0.25) is 14.3 Å². The number of carboxylic acids is 1. The maximum Gasteiger partial charge on any atom is 0.308 e. The Morgan fingerprint density at radius 3 is 2.68 bits per heavy atom. The molecule has 0 radical (unpaired) electrons. The molecule has 0 saturated carbocycles. The lowest BCUT2D eigenvalue weighted by atomic mass is 9.93. The molecule has 1 fully saturated rings. The lowest BCUT2D eigenvalue weighted by Crippen LogP contribution is -2.47. The maximum absolute atomic E-state index is 12.8. The van der Waals surface area contributed by atoms with Crippen LogP contribution in [0.4, 0.5) is 0 Å². The summed E-state index contributed by atoms with van der Waals surface area (Å²) in [6.45, 7) is 9.13. The quantitative estimate of drug-likeness (QED) is 0.925. The van der Waals surface area contributed by atoms with Crippen molar-refractivity contribution in [3.63, 3.8) is 0 Å². The molecule has 2 atom stereocenters. The van der Waals surface area contributed by atoms with Gasteiger partial charge in [0, 0.05) is 24.8 Å². The molecule has 1 aliphatic heterocycles. The van der Waals surface area contributed by atoms with E-state index in [2.05, 4.69) is 18.9 Å². The molecular weight excluding hydrogens is 282 g/mol. The molecule has 1 N–H and O–H groups in total. The topological polar surface area (TPSA) is 75.4 Å². The number of carbonyl (C=O) groups is 2. The van der Waals surface area contributed by atoms with Crippen LogP contribution < -0.4 is 0 Å². The summed E-state index contributed by atoms with van der Waals surface area (Å²) in [4.78, 5) is 25.7. The molecule has 0 aliphatic carbocycles. The Hall–Kier alpha value is -1.85. The molecule has 2 unspecified atom stereocenters. The monoisotopic (exact) mass is 307 g/mol. The fourth-order valence-corrected chi connectivity index (χ4v) is 2.93. The van der Waals surface area contributed by atoms with Crippen molar-refractivity contribution in [1.29, 1.82) is 0 Å². The van der Waals surface area contributed by atoms with Crippen LogP contribution in [0.25, 0.3) is 0 Å². The first-order chi connectivity index (χ1) is 10.3. The number of piperidine rings is 1. The summed E-state index contributed by atoms with van der Waals surface area (Å²) in [5.41, 5.74) is 1.43. The summed E-state index contributed by atoms with van der Waals surface area (Å²) in [6.07, 6.45) is 2.96. The average molecular weight is 307 g/mol. The van der Waals surface area contributed by atoms with Crippen molar-refractivity contribution in [1.82, 2.24) is 14.7 Å². The van der Waals surface area contributed by atoms with Crippen LogP contribution in [0, 0.1) is 18.8 Å². The Morgan fingerprint density at radius 1 is 1.41 bits per heavy atom. The lowest BCUT2D eigenvalue weighted by molar-refractivity contribution is -0.143. The third-order valence-electron chi connectivity index (χ3n) is 4.36. The number of hydrogen-bond acceptors (Lipinski definition) is 3. The number of likely N-dealkylation sites (tertiary alicyclic amines) is 1. The predicted molar refractivity (Wildman–Crippen MR) is 82.7 cm³/mol. The van der Waals surface area contributed by atoms with Crippen molar-refractivity contribution in [3.05, 3.63) is 17.5 Å². The van der Waals surface area contributed by atoms with Gasteiger partial charge >= 0.3 is 5.97 Å². The van der Waals surface area contributed by atoms with Gasteiger partial charge in [-0.05, 0) is 32.6 Å². The fraction of sp³-hybridized carbons (Fsp3) is 0.688. The van der Waals surface area contributed by atoms with Crippen LogP contribution in [0.1, 0.15) is 49.7 Å². The number of carboxylic acid groups (broad SMARTS) is 1. The molecule has 0 aromatic carbocycles. The van der Waals surface area contributed by atoms with Crippen molar-refractivity contribution in [2.75, 3.05) is 6.54 Å². The van der Waals surface area contributed by atoms with E-state index in [1.54, 1.807) is 11.1 Å². The van der Waals surface area contributed by atoms with Gasteiger partial charge in [0.05, 0.1) is 17.7 Å². The van der Waals surface area contributed by atoms with E-state index in [1.807, 2.05) is 18.5 Å². The zero-order valence-corrected chi connectivity index (χ0v) is 13.7. The van der Waals surface area contributed by atoms with E-state index in [9.17, 15) is 14.7 Å². The molecule has 6 nitrogen and oxygen atoms in total. The number of aromatic nitrogens is 2. The molecule has 122 valence electrons. The van der Waals surface area contributed by atoms with Crippen LogP contribution in [-0.4, -0.2) is 44.3 Å². The van der Waals surface area contributed by atoms with Crippen LogP contribution in [0.15, 0.2) is 6.20 Å². The van der Waals surface area contributed by atoms with Crippen molar-refractivity contribution < 1.29 is 14.7 Å². The number of carbonyl (C=O) groups excluding carboxylic acids is 1. The first-order valence-corrected chi connectivity index (χ1v) is 7.87. The van der Waals surface area contributed by atoms with Crippen LogP contribution >= 0.6 is 0 Å². The minimum absolute atomic E-state index is 0.0657. The highest BCUT2D eigenvalue weighted by Gasteiger charge is 2.34. The number of hydrogen-bond donors (Lipinski definition) is 1. The zero-order valence-electron chi connectivity index (χ0n) is 13.7. The molecule has 22 heavy (non-hydrogen) atoms. The largest absolute Gasteiger partial charge is 0.481 e. The summed E-state index contributed by atoms with van der Waals surface area (Å²) in [5.74, 6) is -0.944. The molecular formula is C16H25N3O3. The van der Waals surface area contributed by atoms with Crippen molar-refractivity contribution in [2.45, 2.75) is 53.1 Å². The van der Waals surface area contributed by atoms with Crippen LogP contribution in [0.2, 0.25) is 0 Å². The SMILES string of the molecule is Cc1c(C(=O)N2CC(C(=O)O)CCC2C)cnn1CC(C)C. The first-order valence-electron chi connectivity index (χ1n) is 7.87. The van der Waals surface area contributed by atoms with Gasteiger partial charge < -0.3 is 10.0 Å². The van der Waals surface area contributed by atoms with Gasteiger partial charge in [-0.1, -0.05) is 13.8 Å². The smallest absolute Gasteiger partial charge is 0.308 e. The number of rotatable bonds is 4. The summed E-state index contributed by atoms with van der Waals surface area (Å²) in [6, 6.07) is 0.0657. The summed E-state index contributed by atoms with van der Waals surface area (Å²) in [5, 5.41) is 13.5. The zero-order chi connectivity index (χ0) is 16.4. The highest BCUT2D eigenvalue weighted by Crippen LogP contribution is 2.24. The number of amides is 1. The average Bonchev–Trinajstić information content (AvgIpc) is 2.79. The van der Waals surface area contributed by atoms with E-state index < -0.39 is 11.9 Å². The van der Waals surface area contributed by atoms with Gasteiger partial charge in [-0.15, -0.1) is 0 Å². The highest BCUT2D eigenvalue weighted by molar-refractivity contribution is 5.95. The lowest BCUT2D eigenvalue weighted by Gasteiger charge is -2.36. The van der Waals surface area contributed by atoms with E-state index in [0.29, 0.717) is 17.9 Å². The van der Waals surface area contributed by atoms with Crippen LogP contribution in [0.3, 0.4) is 0 Å². The van der Waals surface area contributed by atoms with Crippen molar-refractivity contribution in [2.24, 2.45) is 11.8 Å². The third-order valence-corrected chi connectivity index (χ3v) is 4.36. The molecule has 6 heteroatoms. The van der Waals surface area contributed by atoms with Gasteiger partial charge in [0.15, 0.2) is 0 Å². The van der Waals surface area contributed by atoms with E-state index in [0.717, 1.165) is 18.7 Å². The van der Waals surface area contributed by atoms with Gasteiger partial charge in [-0.25, -0.2) is 0 Å². The molecule has 2 heterocycles. The second-order valence-corrected chi connectivity index (χ2v) is 6.64. The van der Waals surface area contributed by atoms with Gasteiger partial charge in [0.2, 0.25) is 0 Å². The second-order valence-electron chi connectivity index (χ2n) is 6.64. The summed E-state index contributed by atoms with van der Waals surface area (Å²) < 4.78 is 1.85. The Bertz CT molecular complexity index is 565. The predicted octanol–water partition coefficient (Wildman–Crippen LogP) is 2.17. The Morgan fingerprint density at radius 2 is 2.09 bits per heavy atom. The standard InChI is InChI=1S/C16H25N3O3/c1-10(2)8-19-12(4)14(7-17-19)15(20)18-9-13(16(21)22)6-5-11(18)3/h7,10-11,13H,5-6,8-9H2,1-4H3,(H,21,22). The van der Waals surface area contributed by atoms with E-state index >= 15 is 0 Å². The van der Waals surface area contributed by atoms with Gasteiger partial charge in [0.1, 0.15) is 0 Å². The minimum Gasteiger partial charge on any atom is -0.481 e. The Balaban J connectivity index is 2.19. The molecule has 1 aromatic rings. The molecule has 1 aliphatic rings. The van der Waals surface area contributed by atoms with E-state index in [1.165, 1.54) is 0 Å². The minimum atomic E-state index is -0.822. The fourth-order valence-electron chi connectivity index (χ4n) is 2.93. The normalized spacial score (nSPS) is 22.1. The summed E-state index contributed by atoms with van der Waals surface area (Å²) >= 11 is 0. The second kappa shape index (κ2) is 6.50. The van der Waals surface area contributed by atoms with Gasteiger partial charge in [-0.2, -0.15) is 5.10 Å². The van der Waals surface area contributed by atoms with Crippen molar-refractivity contribution in [3.8, 4) is 0 Å². The molecule has 1 amide bonds. The third kappa shape index (κ3) is 3.31. The maximum atomic E-state index is 12.8. The highest BCUT2D eigenvalue weighted by atomic mass is 16.4.